The summed E-state index contributed by atoms with van der Waals surface area (Å²) in [4.78, 5) is 11.8. The number of hydrogen-bond acceptors (Lipinski definition) is 2. The maximum atomic E-state index is 14.3. The summed E-state index contributed by atoms with van der Waals surface area (Å²) in [7, 11) is 1.83. The Labute approximate surface area is 117 Å². The Kier molecular flexibility index (Phi) is 3.40. The van der Waals surface area contributed by atoms with Crippen LogP contribution >= 0.6 is 0 Å². The monoisotopic (exact) mass is 272 g/mol. The van der Waals surface area contributed by atoms with Gasteiger partial charge in [-0.3, -0.25) is 4.79 Å². The standard InChI is InChI=1S/C16H17FN2O/c1-18-10-11-5-6-15(13(17)9-11)19-8-7-12-14(19)3-2-4-16(12)20/h5-9,18H,2-4,10H2,1H3. The van der Waals surface area contributed by atoms with Crippen LogP contribution in [0.5, 0.6) is 0 Å². The first kappa shape index (κ1) is 13.1. The Morgan fingerprint density at radius 1 is 1.30 bits per heavy atom. The molecule has 1 aliphatic rings. The van der Waals surface area contributed by atoms with Crippen molar-refractivity contribution >= 4 is 5.78 Å². The van der Waals surface area contributed by atoms with E-state index in [1.54, 1.807) is 24.4 Å². The number of nitrogens with zero attached hydrogens (tertiary/aromatic N) is 1. The number of nitrogens with one attached hydrogen (secondary N) is 1. The molecule has 1 N–H and O–H groups in total. The molecule has 1 heterocycles. The number of ketones is 1. The highest BCUT2D eigenvalue weighted by Crippen LogP contribution is 2.26. The van der Waals surface area contributed by atoms with Gasteiger partial charge in [-0.15, -0.1) is 0 Å². The van der Waals surface area contributed by atoms with Gasteiger partial charge in [0, 0.05) is 30.4 Å². The maximum Gasteiger partial charge on any atom is 0.164 e. The van der Waals surface area contributed by atoms with Gasteiger partial charge in [0.05, 0.1) is 5.69 Å². The van der Waals surface area contributed by atoms with E-state index < -0.39 is 0 Å². The highest BCUT2D eigenvalue weighted by molar-refractivity contribution is 5.98. The summed E-state index contributed by atoms with van der Waals surface area (Å²) >= 11 is 0. The molecule has 0 unspecified atom stereocenters. The second kappa shape index (κ2) is 5.21. The highest BCUT2D eigenvalue weighted by atomic mass is 19.1. The number of Topliss-reactive ketones (excluding diaryl/α,β-unsaturated/α-hetero) is 1. The van der Waals surface area contributed by atoms with E-state index in [-0.39, 0.29) is 11.6 Å². The van der Waals surface area contributed by atoms with Gasteiger partial charge in [0.15, 0.2) is 5.78 Å². The smallest absolute Gasteiger partial charge is 0.164 e. The molecule has 1 aromatic carbocycles. The van der Waals surface area contributed by atoms with Gasteiger partial charge in [-0.2, -0.15) is 0 Å². The highest BCUT2D eigenvalue weighted by Gasteiger charge is 2.22. The van der Waals surface area contributed by atoms with Crippen LogP contribution in [0.3, 0.4) is 0 Å². The fraction of sp³-hybridized carbons (Fsp3) is 0.312. The van der Waals surface area contributed by atoms with Crippen molar-refractivity contribution in [2.24, 2.45) is 0 Å². The average Bonchev–Trinajstić information content (AvgIpc) is 2.85. The third kappa shape index (κ3) is 2.16. The minimum atomic E-state index is -0.255. The number of carbonyl (C=O) groups is 1. The number of fused-ring (bicyclic) bond motifs is 1. The van der Waals surface area contributed by atoms with Gasteiger partial charge in [-0.05, 0) is 43.7 Å². The van der Waals surface area contributed by atoms with E-state index in [0.29, 0.717) is 18.7 Å². The Balaban J connectivity index is 2.04. The number of benzene rings is 1. The first-order valence-electron chi connectivity index (χ1n) is 6.87. The van der Waals surface area contributed by atoms with Crippen LogP contribution < -0.4 is 5.32 Å². The van der Waals surface area contributed by atoms with Gasteiger partial charge >= 0.3 is 0 Å². The van der Waals surface area contributed by atoms with Crippen LogP contribution in [-0.2, 0) is 13.0 Å². The number of halogens is 1. The number of hydrogen-bond donors (Lipinski definition) is 1. The Morgan fingerprint density at radius 2 is 2.15 bits per heavy atom. The summed E-state index contributed by atoms with van der Waals surface area (Å²) < 4.78 is 16.1. The van der Waals surface area contributed by atoms with E-state index in [1.807, 2.05) is 17.7 Å². The van der Waals surface area contributed by atoms with Crippen molar-refractivity contribution in [2.75, 3.05) is 7.05 Å². The molecule has 0 bridgehead atoms. The second-order valence-electron chi connectivity index (χ2n) is 5.14. The topological polar surface area (TPSA) is 34.0 Å². The molecule has 0 aliphatic heterocycles. The van der Waals surface area contributed by atoms with Gasteiger partial charge in [0.1, 0.15) is 5.82 Å². The first-order chi connectivity index (χ1) is 9.70. The van der Waals surface area contributed by atoms with Gasteiger partial charge < -0.3 is 9.88 Å². The second-order valence-corrected chi connectivity index (χ2v) is 5.14. The van der Waals surface area contributed by atoms with Gasteiger partial charge in [-0.1, -0.05) is 6.07 Å². The molecular formula is C16H17FN2O. The Bertz CT molecular complexity index is 660. The van der Waals surface area contributed by atoms with Crippen LogP contribution in [0.2, 0.25) is 0 Å². The third-order valence-electron chi connectivity index (χ3n) is 3.76. The normalized spacial score (nSPS) is 14.4. The molecule has 3 rings (SSSR count). The quantitative estimate of drug-likeness (QED) is 0.932. The SMILES string of the molecule is CNCc1ccc(-n2ccc3c2CCCC3=O)c(F)c1. The summed E-state index contributed by atoms with van der Waals surface area (Å²) in [5.41, 5.74) is 3.10. The maximum absolute atomic E-state index is 14.3. The van der Waals surface area contributed by atoms with Crippen LogP contribution in [0.25, 0.3) is 5.69 Å². The van der Waals surface area contributed by atoms with Crippen molar-refractivity contribution in [3.8, 4) is 5.69 Å². The van der Waals surface area contributed by atoms with E-state index in [1.165, 1.54) is 0 Å². The molecule has 0 spiro atoms. The largest absolute Gasteiger partial charge is 0.318 e. The molecule has 20 heavy (non-hydrogen) atoms. The lowest BCUT2D eigenvalue weighted by molar-refractivity contribution is 0.0972. The lowest BCUT2D eigenvalue weighted by Crippen LogP contribution is -2.13. The van der Waals surface area contributed by atoms with Crippen molar-refractivity contribution < 1.29 is 9.18 Å². The summed E-state index contributed by atoms with van der Waals surface area (Å²) in [6, 6.07) is 7.04. The van der Waals surface area contributed by atoms with Crippen molar-refractivity contribution in [1.82, 2.24) is 9.88 Å². The van der Waals surface area contributed by atoms with Crippen molar-refractivity contribution in [3.05, 3.63) is 53.1 Å². The van der Waals surface area contributed by atoms with Crippen LogP contribution in [0, 0.1) is 5.82 Å². The van der Waals surface area contributed by atoms with Crippen LogP contribution in [0.1, 0.15) is 34.5 Å². The van der Waals surface area contributed by atoms with E-state index in [9.17, 15) is 9.18 Å². The summed E-state index contributed by atoms with van der Waals surface area (Å²) in [5, 5.41) is 3.00. The van der Waals surface area contributed by atoms with Crippen molar-refractivity contribution in [2.45, 2.75) is 25.8 Å². The van der Waals surface area contributed by atoms with E-state index in [2.05, 4.69) is 5.32 Å². The minimum Gasteiger partial charge on any atom is -0.318 e. The van der Waals surface area contributed by atoms with Crippen molar-refractivity contribution in [1.29, 1.82) is 0 Å². The molecular weight excluding hydrogens is 255 g/mol. The molecule has 104 valence electrons. The predicted octanol–water partition coefficient (Wildman–Crippen LogP) is 2.85. The zero-order valence-electron chi connectivity index (χ0n) is 11.4. The van der Waals surface area contributed by atoms with E-state index in [0.717, 1.165) is 29.7 Å². The molecule has 0 saturated carbocycles. The molecule has 0 amide bonds. The van der Waals surface area contributed by atoms with Gasteiger partial charge in [0.25, 0.3) is 0 Å². The Morgan fingerprint density at radius 3 is 2.90 bits per heavy atom. The average molecular weight is 272 g/mol. The zero-order valence-corrected chi connectivity index (χ0v) is 11.4. The molecule has 2 aromatic rings. The van der Waals surface area contributed by atoms with E-state index >= 15 is 0 Å². The minimum absolute atomic E-state index is 0.164. The number of carbonyl (C=O) groups excluding carboxylic acids is 1. The lowest BCUT2D eigenvalue weighted by Gasteiger charge is -2.16. The Hall–Kier alpha value is -1.94. The summed E-state index contributed by atoms with van der Waals surface area (Å²) in [5.74, 6) is -0.0913. The zero-order chi connectivity index (χ0) is 14.1. The number of rotatable bonds is 3. The van der Waals surface area contributed by atoms with Gasteiger partial charge in [-0.25, -0.2) is 4.39 Å². The molecule has 4 heteroatoms. The van der Waals surface area contributed by atoms with Crippen LogP contribution in [0.4, 0.5) is 4.39 Å². The molecule has 0 atom stereocenters. The number of aromatic nitrogens is 1. The predicted molar refractivity (Wildman–Crippen MR) is 75.8 cm³/mol. The lowest BCUT2D eigenvalue weighted by atomic mass is 9.96. The molecule has 3 nitrogen and oxygen atoms in total. The van der Waals surface area contributed by atoms with Gasteiger partial charge in [0.2, 0.25) is 0 Å². The molecule has 1 aliphatic carbocycles. The molecule has 1 aromatic heterocycles. The van der Waals surface area contributed by atoms with Crippen LogP contribution in [-0.4, -0.2) is 17.4 Å². The fourth-order valence-electron chi connectivity index (χ4n) is 2.81. The summed E-state index contributed by atoms with van der Waals surface area (Å²) in [6.45, 7) is 0.638. The molecule has 0 radical (unpaired) electrons. The third-order valence-corrected chi connectivity index (χ3v) is 3.76. The first-order valence-corrected chi connectivity index (χ1v) is 6.87. The fourth-order valence-corrected chi connectivity index (χ4v) is 2.81. The van der Waals surface area contributed by atoms with Crippen LogP contribution in [0.15, 0.2) is 30.5 Å². The molecule has 0 saturated heterocycles. The van der Waals surface area contributed by atoms with E-state index in [4.69, 9.17) is 0 Å². The summed E-state index contributed by atoms with van der Waals surface area (Å²) in [6.07, 6.45) is 4.06. The molecule has 0 fully saturated rings. The van der Waals surface area contributed by atoms with Crippen molar-refractivity contribution in [3.63, 3.8) is 0 Å².